The molecule has 3 rings (SSSR count). The molecular formula is C22H29NO5S. The number of piperidine rings is 1. The van der Waals surface area contributed by atoms with E-state index in [0.29, 0.717) is 18.0 Å². The summed E-state index contributed by atoms with van der Waals surface area (Å²) in [6, 6.07) is 12.2. The first-order valence-electron chi connectivity index (χ1n) is 9.88. The largest absolute Gasteiger partial charge is 0.497 e. The highest BCUT2D eigenvalue weighted by Crippen LogP contribution is 2.30. The van der Waals surface area contributed by atoms with Gasteiger partial charge in [-0.1, -0.05) is 18.6 Å². The van der Waals surface area contributed by atoms with Gasteiger partial charge in [-0.3, -0.25) is 0 Å². The molecule has 6 nitrogen and oxygen atoms in total. The Morgan fingerprint density at radius 3 is 2.28 bits per heavy atom. The molecule has 1 aliphatic rings. The maximum Gasteiger partial charge on any atom is 0.175 e. The fourth-order valence-electron chi connectivity index (χ4n) is 3.52. The van der Waals surface area contributed by atoms with Crippen LogP contribution in [0.3, 0.4) is 0 Å². The van der Waals surface area contributed by atoms with Crippen molar-refractivity contribution in [2.75, 3.05) is 39.6 Å². The van der Waals surface area contributed by atoms with Gasteiger partial charge in [0.05, 0.1) is 12.0 Å². The molecule has 1 fully saturated rings. The van der Waals surface area contributed by atoms with Gasteiger partial charge in [0.25, 0.3) is 0 Å². The van der Waals surface area contributed by atoms with Crippen molar-refractivity contribution in [3.05, 3.63) is 42.5 Å². The lowest BCUT2D eigenvalue weighted by atomic mass is 10.1. The highest BCUT2D eigenvalue weighted by Gasteiger charge is 2.15. The van der Waals surface area contributed by atoms with E-state index in [-0.39, 0.29) is 11.5 Å². The first kappa shape index (κ1) is 21.6. The minimum Gasteiger partial charge on any atom is -0.497 e. The summed E-state index contributed by atoms with van der Waals surface area (Å²) in [7, 11) is -1.65. The van der Waals surface area contributed by atoms with Gasteiger partial charge in [-0.2, -0.15) is 0 Å². The van der Waals surface area contributed by atoms with Gasteiger partial charge in [0, 0.05) is 18.9 Å². The molecule has 0 bridgehead atoms. The van der Waals surface area contributed by atoms with E-state index in [1.807, 2.05) is 12.1 Å². The summed E-state index contributed by atoms with van der Waals surface area (Å²) in [5.41, 5.74) is 1.71. The predicted octanol–water partition coefficient (Wildman–Crippen LogP) is 2.99. The van der Waals surface area contributed by atoms with Crippen molar-refractivity contribution < 1.29 is 23.0 Å². The molecule has 0 saturated carbocycles. The van der Waals surface area contributed by atoms with Crippen LogP contribution in [0.15, 0.2) is 47.4 Å². The lowest BCUT2D eigenvalue weighted by molar-refractivity contribution is 0.0616. The van der Waals surface area contributed by atoms with Gasteiger partial charge >= 0.3 is 0 Å². The predicted molar refractivity (Wildman–Crippen MR) is 113 cm³/mol. The molecule has 1 saturated heterocycles. The molecule has 0 amide bonds. The van der Waals surface area contributed by atoms with E-state index in [9.17, 15) is 13.5 Å². The van der Waals surface area contributed by atoms with E-state index in [0.717, 1.165) is 24.2 Å². The van der Waals surface area contributed by atoms with Gasteiger partial charge < -0.3 is 19.5 Å². The van der Waals surface area contributed by atoms with Crippen molar-refractivity contribution in [2.24, 2.45) is 0 Å². The van der Waals surface area contributed by atoms with Crippen molar-refractivity contribution in [3.63, 3.8) is 0 Å². The Morgan fingerprint density at radius 1 is 1.00 bits per heavy atom. The van der Waals surface area contributed by atoms with Crippen LogP contribution in [-0.4, -0.2) is 64.1 Å². The Balaban J connectivity index is 1.69. The number of likely N-dealkylation sites (tertiary alicyclic amines) is 1. The van der Waals surface area contributed by atoms with Crippen molar-refractivity contribution in [2.45, 2.75) is 30.3 Å². The standard InChI is InChI=1S/C22H29NO5S/c1-27-20-12-18(17-6-8-22(9-7-17)29(2,25)26)13-21(14-20)28-16-19(24)15-23-10-4-3-5-11-23/h6-9,12-14,19,24H,3-5,10-11,15-16H2,1-2H3. The van der Waals surface area contributed by atoms with E-state index in [2.05, 4.69) is 4.90 Å². The first-order valence-corrected chi connectivity index (χ1v) is 11.8. The van der Waals surface area contributed by atoms with Gasteiger partial charge in [-0.25, -0.2) is 8.42 Å². The summed E-state index contributed by atoms with van der Waals surface area (Å²) in [6.45, 7) is 2.88. The molecule has 1 N–H and O–H groups in total. The molecule has 1 unspecified atom stereocenters. The number of rotatable bonds is 8. The van der Waals surface area contributed by atoms with Crippen LogP contribution >= 0.6 is 0 Å². The van der Waals surface area contributed by atoms with Crippen LogP contribution < -0.4 is 9.47 Å². The van der Waals surface area contributed by atoms with Crippen molar-refractivity contribution in [3.8, 4) is 22.6 Å². The lowest BCUT2D eigenvalue weighted by Crippen LogP contribution is -2.38. The Labute approximate surface area is 173 Å². The highest BCUT2D eigenvalue weighted by molar-refractivity contribution is 7.90. The molecule has 1 aliphatic heterocycles. The monoisotopic (exact) mass is 419 g/mol. The number of aliphatic hydroxyl groups is 1. The number of sulfone groups is 1. The minimum atomic E-state index is -3.23. The van der Waals surface area contributed by atoms with E-state index in [4.69, 9.17) is 9.47 Å². The highest BCUT2D eigenvalue weighted by atomic mass is 32.2. The fraction of sp³-hybridized carbons (Fsp3) is 0.455. The summed E-state index contributed by atoms with van der Waals surface area (Å²) in [5.74, 6) is 1.24. The molecule has 0 aromatic heterocycles. The summed E-state index contributed by atoms with van der Waals surface area (Å²) in [5, 5.41) is 10.3. The average molecular weight is 420 g/mol. The molecule has 1 atom stereocenters. The molecule has 29 heavy (non-hydrogen) atoms. The molecular weight excluding hydrogens is 390 g/mol. The Hall–Kier alpha value is -2.09. The second-order valence-electron chi connectivity index (χ2n) is 7.52. The number of hydrogen-bond acceptors (Lipinski definition) is 6. The number of benzene rings is 2. The van der Waals surface area contributed by atoms with Gasteiger partial charge in [0.15, 0.2) is 9.84 Å². The van der Waals surface area contributed by atoms with Gasteiger partial charge in [0.1, 0.15) is 24.2 Å². The maximum atomic E-state index is 11.7. The van der Waals surface area contributed by atoms with Crippen LogP contribution in [0.2, 0.25) is 0 Å². The number of β-amino-alcohol motifs (C(OH)–C–C–N with tert-alkyl or cyclic N) is 1. The Bertz CT molecular complexity index is 905. The second-order valence-corrected chi connectivity index (χ2v) is 9.54. The minimum absolute atomic E-state index is 0.204. The zero-order valence-corrected chi connectivity index (χ0v) is 17.8. The smallest absolute Gasteiger partial charge is 0.175 e. The van der Waals surface area contributed by atoms with Gasteiger partial charge in [-0.05, 0) is 61.3 Å². The van der Waals surface area contributed by atoms with Crippen LogP contribution in [0.4, 0.5) is 0 Å². The zero-order valence-electron chi connectivity index (χ0n) is 17.0. The number of hydrogen-bond donors (Lipinski definition) is 1. The van der Waals surface area contributed by atoms with Crippen LogP contribution in [-0.2, 0) is 9.84 Å². The normalized spacial score (nSPS) is 16.4. The summed E-state index contributed by atoms with van der Waals surface area (Å²) >= 11 is 0. The third kappa shape index (κ3) is 6.19. The topological polar surface area (TPSA) is 76.1 Å². The maximum absolute atomic E-state index is 11.7. The van der Waals surface area contributed by atoms with Crippen LogP contribution in [0, 0.1) is 0 Å². The Morgan fingerprint density at radius 2 is 1.66 bits per heavy atom. The summed E-state index contributed by atoms with van der Waals surface area (Å²) < 4.78 is 34.5. The van der Waals surface area contributed by atoms with E-state index in [1.165, 1.54) is 25.5 Å². The van der Waals surface area contributed by atoms with Crippen molar-refractivity contribution >= 4 is 9.84 Å². The van der Waals surface area contributed by atoms with Crippen LogP contribution in [0.5, 0.6) is 11.5 Å². The van der Waals surface area contributed by atoms with Crippen molar-refractivity contribution in [1.82, 2.24) is 4.90 Å². The lowest BCUT2D eigenvalue weighted by Gasteiger charge is -2.28. The molecule has 2 aromatic carbocycles. The summed E-state index contributed by atoms with van der Waals surface area (Å²) in [6.07, 6.45) is 4.27. The quantitative estimate of drug-likeness (QED) is 0.709. The molecule has 0 radical (unpaired) electrons. The van der Waals surface area contributed by atoms with E-state index in [1.54, 1.807) is 37.4 Å². The van der Waals surface area contributed by atoms with Crippen molar-refractivity contribution in [1.29, 1.82) is 0 Å². The SMILES string of the molecule is COc1cc(OCC(O)CN2CCCCC2)cc(-c2ccc(S(C)(=O)=O)cc2)c1. The van der Waals surface area contributed by atoms with Crippen LogP contribution in [0.25, 0.3) is 11.1 Å². The third-order valence-electron chi connectivity index (χ3n) is 5.09. The van der Waals surface area contributed by atoms with E-state index >= 15 is 0 Å². The van der Waals surface area contributed by atoms with Gasteiger partial charge in [0.2, 0.25) is 0 Å². The number of aliphatic hydroxyl groups excluding tert-OH is 1. The molecule has 1 heterocycles. The molecule has 0 aliphatic carbocycles. The Kier molecular flexibility index (Phi) is 7.16. The third-order valence-corrected chi connectivity index (χ3v) is 6.22. The number of methoxy groups -OCH3 is 1. The molecule has 7 heteroatoms. The molecule has 158 valence electrons. The molecule has 2 aromatic rings. The molecule has 0 spiro atoms. The second kappa shape index (κ2) is 9.61. The first-order chi connectivity index (χ1) is 13.8. The summed E-state index contributed by atoms with van der Waals surface area (Å²) in [4.78, 5) is 2.55. The number of nitrogens with zero attached hydrogens (tertiary/aromatic N) is 1. The zero-order chi connectivity index (χ0) is 20.9. The van der Waals surface area contributed by atoms with Gasteiger partial charge in [-0.15, -0.1) is 0 Å². The number of ether oxygens (including phenoxy) is 2. The average Bonchev–Trinajstić information content (AvgIpc) is 2.72. The fourth-order valence-corrected chi connectivity index (χ4v) is 4.15. The van der Waals surface area contributed by atoms with E-state index < -0.39 is 15.9 Å². The van der Waals surface area contributed by atoms with Crippen LogP contribution in [0.1, 0.15) is 19.3 Å².